The van der Waals surface area contributed by atoms with Crippen LogP contribution in [0.4, 0.5) is 0 Å². The molecule has 3 atom stereocenters. The summed E-state index contributed by atoms with van der Waals surface area (Å²) in [6.07, 6.45) is 5.24. The van der Waals surface area contributed by atoms with E-state index in [2.05, 4.69) is 5.32 Å². The number of amides is 2. The molecule has 0 saturated heterocycles. The van der Waals surface area contributed by atoms with Gasteiger partial charge in [-0.2, -0.15) is 0 Å². The zero-order valence-corrected chi connectivity index (χ0v) is 27.3. The fourth-order valence-electron chi connectivity index (χ4n) is 6.04. The highest BCUT2D eigenvalue weighted by Crippen LogP contribution is 2.37. The monoisotopic (exact) mass is 720 g/mol. The van der Waals surface area contributed by atoms with Gasteiger partial charge in [-0.05, 0) is 77.6 Å². The summed E-state index contributed by atoms with van der Waals surface area (Å²) >= 11 is 2.03. The molecule has 0 heterocycles. The number of ether oxygens (including phenoxy) is 3. The summed E-state index contributed by atoms with van der Waals surface area (Å²) in [5.41, 5.74) is 1.67. The van der Waals surface area contributed by atoms with Crippen LogP contribution in [0, 0.1) is 9.49 Å². The predicted molar refractivity (Wildman–Crippen MR) is 173 cm³/mol. The number of aliphatic hydroxyl groups excluding tert-OH is 2. The summed E-state index contributed by atoms with van der Waals surface area (Å²) in [4.78, 5) is 40.3. The molecule has 10 nitrogen and oxygen atoms in total. The number of carbonyl (C=O) groups is 3. The number of hydrogen-bond acceptors (Lipinski definition) is 8. The molecule has 0 aliphatic heterocycles. The first-order chi connectivity index (χ1) is 21.3. The Morgan fingerprint density at radius 1 is 1.11 bits per heavy atom. The Bertz CT molecular complexity index is 1340. The van der Waals surface area contributed by atoms with E-state index >= 15 is 0 Å². The number of benzene rings is 2. The van der Waals surface area contributed by atoms with E-state index < -0.39 is 24.2 Å². The third-order valence-corrected chi connectivity index (χ3v) is 9.13. The molecule has 1 saturated carbocycles. The molecule has 0 spiro atoms. The summed E-state index contributed by atoms with van der Waals surface area (Å²) in [7, 11) is 3.06. The quantitative estimate of drug-likeness (QED) is 0.199. The molecule has 11 heteroatoms. The molecule has 2 aromatic rings. The summed E-state index contributed by atoms with van der Waals surface area (Å²) in [6, 6.07) is 10.0. The second-order valence-electron chi connectivity index (χ2n) is 11.2. The van der Waals surface area contributed by atoms with Crippen molar-refractivity contribution in [2.45, 2.75) is 63.2 Å². The van der Waals surface area contributed by atoms with Gasteiger partial charge >= 0.3 is 0 Å². The number of hydrogen-bond donors (Lipinski definition) is 3. The van der Waals surface area contributed by atoms with Crippen molar-refractivity contribution in [3.8, 4) is 17.2 Å². The third kappa shape index (κ3) is 8.30. The molecule has 238 valence electrons. The first-order valence-corrected chi connectivity index (χ1v) is 16.1. The normalized spacial score (nSPS) is 20.0. The molecule has 44 heavy (non-hydrogen) atoms. The Morgan fingerprint density at radius 3 is 2.52 bits per heavy atom. The van der Waals surface area contributed by atoms with E-state index in [-0.39, 0.29) is 31.4 Å². The summed E-state index contributed by atoms with van der Waals surface area (Å²) in [5.74, 6) is 1.13. The predicted octanol–water partition coefficient (Wildman–Crippen LogP) is 3.69. The van der Waals surface area contributed by atoms with Crippen LogP contribution in [0.15, 0.2) is 48.0 Å². The van der Waals surface area contributed by atoms with E-state index in [1.807, 2.05) is 46.9 Å². The number of nitrogens with zero attached hydrogens (tertiary/aromatic N) is 1. The van der Waals surface area contributed by atoms with Gasteiger partial charge in [0.25, 0.3) is 0 Å². The van der Waals surface area contributed by atoms with E-state index in [1.54, 1.807) is 30.2 Å². The van der Waals surface area contributed by atoms with Gasteiger partial charge < -0.3 is 34.6 Å². The molecule has 2 aromatic carbocycles. The average molecular weight is 721 g/mol. The number of rotatable bonds is 14. The van der Waals surface area contributed by atoms with E-state index in [4.69, 9.17) is 14.2 Å². The largest absolute Gasteiger partial charge is 0.496 e. The minimum atomic E-state index is -1.18. The van der Waals surface area contributed by atoms with Gasteiger partial charge in [0.15, 0.2) is 11.5 Å². The second-order valence-corrected chi connectivity index (χ2v) is 12.3. The number of halogens is 1. The zero-order valence-electron chi connectivity index (χ0n) is 25.2. The molecule has 3 N–H and O–H groups in total. The summed E-state index contributed by atoms with van der Waals surface area (Å²) in [5, 5.41) is 23.8. The first-order valence-electron chi connectivity index (χ1n) is 15.0. The number of nitrogens with one attached hydrogen (secondary N) is 1. The van der Waals surface area contributed by atoms with Gasteiger partial charge in [0, 0.05) is 37.1 Å². The molecule has 2 amide bonds. The zero-order chi connectivity index (χ0) is 31.6. The standard InChI is InChI=1S/C33H41IN2O8/c1-42-27-10-6-5-9-23(27)11-13-36(30(39)17-21-7-3-4-8-21)26-18-24(33(41)35-12-14-37)19-28(31(26)40)44-32-25(34)15-22(20-38)16-29(32)43-2/h5-6,9-10,15-16,19-21,26,28,31,37,40H,3-4,7-8,11-14,17-18H2,1-2H3,(H,35,41)/t26-,28+,31+/m1/s1. The van der Waals surface area contributed by atoms with Crippen molar-refractivity contribution < 1.29 is 38.8 Å². The highest BCUT2D eigenvalue weighted by molar-refractivity contribution is 14.1. The lowest BCUT2D eigenvalue weighted by atomic mass is 9.87. The van der Waals surface area contributed by atoms with Crippen molar-refractivity contribution in [1.82, 2.24) is 10.2 Å². The fourth-order valence-corrected chi connectivity index (χ4v) is 6.79. The van der Waals surface area contributed by atoms with Gasteiger partial charge in [-0.25, -0.2) is 0 Å². The Balaban J connectivity index is 1.69. The smallest absolute Gasteiger partial charge is 0.247 e. The molecule has 2 aliphatic rings. The molecule has 1 fully saturated rings. The van der Waals surface area contributed by atoms with E-state index in [9.17, 15) is 24.6 Å². The molecule has 0 unspecified atom stereocenters. The van der Waals surface area contributed by atoms with Crippen LogP contribution in [-0.4, -0.2) is 85.4 Å². The van der Waals surface area contributed by atoms with Gasteiger partial charge in [-0.1, -0.05) is 31.0 Å². The SMILES string of the molecule is COc1ccccc1CCN(C(=O)CC1CCCC1)[C@@H]1CC(C(=O)NCCO)=C[C@H](Oc2c(I)cc(C=O)cc2OC)[C@H]1O. The van der Waals surface area contributed by atoms with Crippen LogP contribution in [-0.2, 0) is 16.0 Å². The van der Waals surface area contributed by atoms with E-state index in [0.29, 0.717) is 57.6 Å². The highest BCUT2D eigenvalue weighted by atomic mass is 127. The lowest BCUT2D eigenvalue weighted by molar-refractivity contribution is -0.139. The second kappa shape index (κ2) is 16.2. The van der Waals surface area contributed by atoms with Gasteiger partial charge in [-0.3, -0.25) is 14.4 Å². The lowest BCUT2D eigenvalue weighted by Gasteiger charge is -2.41. The molecule has 0 aromatic heterocycles. The van der Waals surface area contributed by atoms with Crippen LogP contribution in [0.5, 0.6) is 17.2 Å². The van der Waals surface area contributed by atoms with Crippen LogP contribution < -0.4 is 19.5 Å². The van der Waals surface area contributed by atoms with Crippen molar-refractivity contribution in [3.05, 3.63) is 62.7 Å². The molecule has 2 aliphatic carbocycles. The van der Waals surface area contributed by atoms with Crippen molar-refractivity contribution in [2.24, 2.45) is 5.92 Å². The molecule has 0 radical (unpaired) electrons. The number of aliphatic hydroxyl groups is 2. The van der Waals surface area contributed by atoms with Gasteiger partial charge in [0.1, 0.15) is 24.2 Å². The maximum absolute atomic E-state index is 14.0. The molecule has 0 bridgehead atoms. The number of carbonyl (C=O) groups excluding carboxylic acids is 3. The van der Waals surface area contributed by atoms with Gasteiger partial charge in [0.05, 0.1) is 30.4 Å². The van der Waals surface area contributed by atoms with Crippen molar-refractivity contribution in [1.29, 1.82) is 0 Å². The number of para-hydroxylation sites is 1. The van der Waals surface area contributed by atoms with Crippen LogP contribution in [0.25, 0.3) is 0 Å². The van der Waals surface area contributed by atoms with Gasteiger partial charge in [0.2, 0.25) is 11.8 Å². The van der Waals surface area contributed by atoms with E-state index in [0.717, 1.165) is 31.2 Å². The molecular formula is C33H41IN2O8. The van der Waals surface area contributed by atoms with Crippen LogP contribution in [0.2, 0.25) is 0 Å². The third-order valence-electron chi connectivity index (χ3n) is 8.33. The fraction of sp³-hybridized carbons (Fsp3) is 0.485. The highest BCUT2D eigenvalue weighted by Gasteiger charge is 2.41. The minimum Gasteiger partial charge on any atom is -0.496 e. The lowest BCUT2D eigenvalue weighted by Crippen LogP contribution is -2.55. The average Bonchev–Trinajstić information content (AvgIpc) is 3.55. The Hall–Kier alpha value is -3.16. The number of aldehydes is 1. The van der Waals surface area contributed by atoms with Crippen LogP contribution in [0.1, 0.15) is 54.4 Å². The minimum absolute atomic E-state index is 0.0614. The molecular weight excluding hydrogens is 679 g/mol. The van der Waals surface area contributed by atoms with Crippen molar-refractivity contribution >= 4 is 40.7 Å². The maximum atomic E-state index is 14.0. The Morgan fingerprint density at radius 2 is 1.84 bits per heavy atom. The van der Waals surface area contributed by atoms with Crippen molar-refractivity contribution in [3.63, 3.8) is 0 Å². The maximum Gasteiger partial charge on any atom is 0.247 e. The Kier molecular flexibility index (Phi) is 12.4. The van der Waals surface area contributed by atoms with E-state index in [1.165, 1.54) is 7.11 Å². The molecule has 4 rings (SSSR count). The Labute approximate surface area is 271 Å². The summed E-state index contributed by atoms with van der Waals surface area (Å²) < 4.78 is 18.0. The number of methoxy groups -OCH3 is 2. The van der Waals surface area contributed by atoms with Crippen LogP contribution >= 0.6 is 22.6 Å². The van der Waals surface area contributed by atoms with Gasteiger partial charge in [-0.15, -0.1) is 0 Å². The van der Waals surface area contributed by atoms with Crippen molar-refractivity contribution in [2.75, 3.05) is 33.9 Å². The van der Waals surface area contributed by atoms with Crippen LogP contribution in [0.3, 0.4) is 0 Å². The summed E-state index contributed by atoms with van der Waals surface area (Å²) in [6.45, 7) is 0.140. The topological polar surface area (TPSA) is 135 Å². The first kappa shape index (κ1) is 33.7.